The minimum atomic E-state index is -4.78. The summed E-state index contributed by atoms with van der Waals surface area (Å²) in [5.74, 6) is -1.42. The number of rotatable bonds is 7. The highest BCUT2D eigenvalue weighted by atomic mass is 32.2. The van der Waals surface area contributed by atoms with Gasteiger partial charge < -0.3 is 10.6 Å². The number of benzene rings is 2. The van der Waals surface area contributed by atoms with Gasteiger partial charge in [-0.15, -0.1) is 0 Å². The zero-order chi connectivity index (χ0) is 24.2. The maximum Gasteiger partial charge on any atom is 0.402 e. The number of nitrogens with two attached hydrogens (primary N) is 1. The van der Waals surface area contributed by atoms with Gasteiger partial charge in [-0.1, -0.05) is 42.5 Å². The highest BCUT2D eigenvalue weighted by Crippen LogP contribution is 2.30. The van der Waals surface area contributed by atoms with Gasteiger partial charge in [-0.05, 0) is 36.0 Å². The Morgan fingerprint density at radius 1 is 1.09 bits per heavy atom. The van der Waals surface area contributed by atoms with E-state index in [4.69, 9.17) is 5.73 Å². The third-order valence-corrected chi connectivity index (χ3v) is 7.39. The Bertz CT molecular complexity index is 1070. The molecule has 0 radical (unpaired) electrons. The summed E-state index contributed by atoms with van der Waals surface area (Å²) in [6.45, 7) is -1.59. The Balaban J connectivity index is 1.78. The molecule has 1 heterocycles. The zero-order valence-corrected chi connectivity index (χ0v) is 18.6. The van der Waals surface area contributed by atoms with Gasteiger partial charge in [0.15, 0.2) is 0 Å². The Morgan fingerprint density at radius 2 is 1.73 bits per heavy atom. The SMILES string of the molecule is NC(=O)N1CCC(c2ccc(CN(CC(F)(F)F)S(=O)(=O)Cc3ccccc3)c(F)c2)CC1. The van der Waals surface area contributed by atoms with Crippen LogP contribution in [0.4, 0.5) is 22.4 Å². The highest BCUT2D eigenvalue weighted by Gasteiger charge is 2.37. The van der Waals surface area contributed by atoms with Gasteiger partial charge in [0.2, 0.25) is 10.0 Å². The molecule has 11 heteroatoms. The van der Waals surface area contributed by atoms with Crippen LogP contribution in [0.5, 0.6) is 0 Å². The normalized spacial score (nSPS) is 15.7. The molecule has 33 heavy (non-hydrogen) atoms. The maximum atomic E-state index is 14.8. The third-order valence-electron chi connectivity index (χ3n) is 5.64. The molecule has 3 rings (SSSR count). The minimum Gasteiger partial charge on any atom is -0.351 e. The smallest absolute Gasteiger partial charge is 0.351 e. The molecule has 6 nitrogen and oxygen atoms in total. The van der Waals surface area contributed by atoms with E-state index in [1.54, 1.807) is 24.3 Å². The summed E-state index contributed by atoms with van der Waals surface area (Å²) < 4.78 is 80.0. The van der Waals surface area contributed by atoms with Gasteiger partial charge in [0.05, 0.1) is 5.75 Å². The van der Waals surface area contributed by atoms with Crippen molar-refractivity contribution < 1.29 is 30.8 Å². The predicted molar refractivity (Wildman–Crippen MR) is 115 cm³/mol. The lowest BCUT2D eigenvalue weighted by molar-refractivity contribution is -0.137. The Kier molecular flexibility index (Phi) is 7.63. The van der Waals surface area contributed by atoms with Crippen molar-refractivity contribution in [2.45, 2.75) is 37.2 Å². The fourth-order valence-corrected chi connectivity index (χ4v) is 5.37. The van der Waals surface area contributed by atoms with Crippen LogP contribution in [0.1, 0.15) is 35.4 Å². The lowest BCUT2D eigenvalue weighted by atomic mass is 9.89. The van der Waals surface area contributed by atoms with Crippen molar-refractivity contribution in [3.05, 3.63) is 71.0 Å². The Hall–Kier alpha value is -2.66. The average Bonchev–Trinajstić information content (AvgIpc) is 2.74. The topological polar surface area (TPSA) is 83.7 Å². The summed E-state index contributed by atoms with van der Waals surface area (Å²) in [5, 5.41) is 0. The standard InChI is InChI=1S/C22H25F4N3O3S/c23-20-12-18(17-8-10-28(11-9-17)21(27)30)6-7-19(20)13-29(15-22(24,25)26)33(31,32)14-16-4-2-1-3-5-16/h1-7,12,17H,8-11,13-15H2,(H2,27,30). The van der Waals surface area contributed by atoms with Crippen molar-refractivity contribution in [3.63, 3.8) is 0 Å². The van der Waals surface area contributed by atoms with Gasteiger partial charge in [-0.2, -0.15) is 17.5 Å². The van der Waals surface area contributed by atoms with Gasteiger partial charge in [0.1, 0.15) is 12.4 Å². The molecule has 0 saturated carbocycles. The van der Waals surface area contributed by atoms with Crippen LogP contribution < -0.4 is 5.73 Å². The van der Waals surface area contributed by atoms with Gasteiger partial charge >= 0.3 is 12.2 Å². The summed E-state index contributed by atoms with van der Waals surface area (Å²) in [7, 11) is -4.37. The van der Waals surface area contributed by atoms with E-state index in [2.05, 4.69) is 0 Å². The van der Waals surface area contributed by atoms with E-state index in [0.29, 0.717) is 37.1 Å². The molecule has 0 atom stereocenters. The van der Waals surface area contributed by atoms with Gasteiger partial charge in [0, 0.05) is 25.2 Å². The van der Waals surface area contributed by atoms with Crippen LogP contribution in [0.2, 0.25) is 0 Å². The molecule has 0 aliphatic carbocycles. The lowest BCUT2D eigenvalue weighted by Crippen LogP contribution is -2.41. The second-order valence-electron chi connectivity index (χ2n) is 8.08. The van der Waals surface area contributed by atoms with Crippen molar-refractivity contribution in [2.24, 2.45) is 5.73 Å². The molecule has 2 aromatic carbocycles. The quantitative estimate of drug-likeness (QED) is 0.600. The molecular weight excluding hydrogens is 462 g/mol. The lowest BCUT2D eigenvalue weighted by Gasteiger charge is -2.31. The number of carbonyl (C=O) groups is 1. The predicted octanol–water partition coefficient (Wildman–Crippen LogP) is 3.98. The Morgan fingerprint density at radius 3 is 2.27 bits per heavy atom. The number of urea groups is 1. The van der Waals surface area contributed by atoms with E-state index in [-0.39, 0.29) is 15.8 Å². The van der Waals surface area contributed by atoms with Gasteiger partial charge in [-0.3, -0.25) is 0 Å². The summed E-state index contributed by atoms with van der Waals surface area (Å²) in [5.41, 5.74) is 6.10. The van der Waals surface area contributed by atoms with Crippen molar-refractivity contribution in [2.75, 3.05) is 19.6 Å². The number of hydrogen-bond acceptors (Lipinski definition) is 3. The van der Waals surface area contributed by atoms with Crippen LogP contribution >= 0.6 is 0 Å². The molecule has 0 bridgehead atoms. The largest absolute Gasteiger partial charge is 0.402 e. The van der Waals surface area contributed by atoms with Crippen LogP contribution in [-0.2, 0) is 22.3 Å². The van der Waals surface area contributed by atoms with Crippen LogP contribution in [0.3, 0.4) is 0 Å². The van der Waals surface area contributed by atoms with E-state index in [1.165, 1.54) is 29.2 Å². The molecule has 0 spiro atoms. The summed E-state index contributed by atoms with van der Waals surface area (Å²) in [4.78, 5) is 12.7. The first-order chi connectivity index (χ1) is 15.4. The van der Waals surface area contributed by atoms with E-state index in [9.17, 15) is 30.8 Å². The van der Waals surface area contributed by atoms with E-state index < -0.39 is 46.9 Å². The number of primary amides is 1. The second-order valence-corrected chi connectivity index (χ2v) is 10.0. The number of hydrogen-bond donors (Lipinski definition) is 1. The number of halogens is 4. The summed E-state index contributed by atoms with van der Waals surface area (Å²) in [6, 6.07) is 11.5. The fourth-order valence-electron chi connectivity index (χ4n) is 3.90. The number of likely N-dealkylation sites (tertiary alicyclic amines) is 1. The van der Waals surface area contributed by atoms with Gasteiger partial charge in [0.25, 0.3) is 0 Å². The summed E-state index contributed by atoms with van der Waals surface area (Å²) >= 11 is 0. The number of carbonyl (C=O) groups excluding carboxylic acids is 1. The van der Waals surface area contributed by atoms with Crippen LogP contribution in [0, 0.1) is 5.82 Å². The van der Waals surface area contributed by atoms with Crippen LogP contribution in [0.25, 0.3) is 0 Å². The Labute approximate surface area is 190 Å². The van der Waals surface area contributed by atoms with E-state index in [0.717, 1.165) is 0 Å². The number of alkyl halides is 3. The number of amides is 2. The first kappa shape index (κ1) is 25.0. The number of piperidine rings is 1. The summed E-state index contributed by atoms with van der Waals surface area (Å²) in [6.07, 6.45) is -3.63. The molecule has 0 unspecified atom stereocenters. The first-order valence-corrected chi connectivity index (χ1v) is 12.0. The molecule has 180 valence electrons. The number of nitrogens with zero attached hydrogens (tertiary/aromatic N) is 2. The average molecular weight is 488 g/mol. The molecule has 2 N–H and O–H groups in total. The molecule has 0 aromatic heterocycles. The molecule has 1 saturated heterocycles. The molecular formula is C22H25F4N3O3S. The van der Waals surface area contributed by atoms with Gasteiger partial charge in [-0.25, -0.2) is 17.6 Å². The van der Waals surface area contributed by atoms with Crippen molar-refractivity contribution in [1.82, 2.24) is 9.21 Å². The molecule has 1 aliphatic heterocycles. The second kappa shape index (κ2) is 10.1. The zero-order valence-electron chi connectivity index (χ0n) is 17.8. The number of sulfonamides is 1. The van der Waals surface area contributed by atoms with E-state index in [1.807, 2.05) is 0 Å². The van der Waals surface area contributed by atoms with Crippen molar-refractivity contribution in [1.29, 1.82) is 0 Å². The monoisotopic (exact) mass is 487 g/mol. The molecule has 2 aromatic rings. The molecule has 1 aliphatic rings. The maximum absolute atomic E-state index is 14.8. The minimum absolute atomic E-state index is 0.0303. The third kappa shape index (κ3) is 6.91. The fraction of sp³-hybridized carbons (Fsp3) is 0.409. The van der Waals surface area contributed by atoms with Crippen molar-refractivity contribution in [3.8, 4) is 0 Å². The highest BCUT2D eigenvalue weighted by molar-refractivity contribution is 7.88. The van der Waals surface area contributed by atoms with Crippen LogP contribution in [0.15, 0.2) is 48.5 Å². The molecule has 2 amide bonds. The van der Waals surface area contributed by atoms with E-state index >= 15 is 0 Å². The molecule has 1 fully saturated rings. The first-order valence-electron chi connectivity index (χ1n) is 10.4. The van der Waals surface area contributed by atoms with Crippen LogP contribution in [-0.4, -0.2) is 49.5 Å². The van der Waals surface area contributed by atoms with Crippen molar-refractivity contribution >= 4 is 16.1 Å².